The van der Waals surface area contributed by atoms with Gasteiger partial charge in [-0.3, -0.25) is 0 Å². The first-order valence-corrected chi connectivity index (χ1v) is 4.48. The Bertz CT molecular complexity index is 376. The Hall–Kier alpha value is -1.76. The number of nitrogen functional groups attached to an aromatic ring is 1. The molecule has 3 N–H and O–H groups in total. The number of hydrogen-bond acceptors (Lipinski definition) is 4. The van der Waals surface area contributed by atoms with Gasteiger partial charge in [0, 0.05) is 12.2 Å². The zero-order valence-electron chi connectivity index (χ0n) is 8.63. The van der Waals surface area contributed by atoms with E-state index in [2.05, 4.69) is 10.3 Å². The van der Waals surface area contributed by atoms with Crippen molar-refractivity contribution in [1.29, 1.82) is 5.26 Å². The van der Waals surface area contributed by atoms with Gasteiger partial charge in [0.1, 0.15) is 11.9 Å². The standard InChI is InChI=1S/C10H14N4/c1-6(2)14-10-9(12)7(3)8(4-11)5-13-10/h5-6H,12H2,1-3H3,(H,13,14). The van der Waals surface area contributed by atoms with Gasteiger partial charge >= 0.3 is 0 Å². The van der Waals surface area contributed by atoms with Gasteiger partial charge in [0.2, 0.25) is 0 Å². The molecule has 0 atom stereocenters. The van der Waals surface area contributed by atoms with Crippen molar-refractivity contribution < 1.29 is 0 Å². The minimum absolute atomic E-state index is 0.275. The maximum absolute atomic E-state index is 8.75. The lowest BCUT2D eigenvalue weighted by Gasteiger charge is -2.13. The number of rotatable bonds is 2. The predicted molar refractivity (Wildman–Crippen MR) is 56.9 cm³/mol. The number of nitrogens with zero attached hydrogens (tertiary/aromatic N) is 2. The van der Waals surface area contributed by atoms with Crippen LogP contribution in [0.25, 0.3) is 0 Å². The summed E-state index contributed by atoms with van der Waals surface area (Å²) in [5.74, 6) is 0.650. The fraction of sp³-hybridized carbons (Fsp3) is 0.400. The molecule has 0 bridgehead atoms. The Morgan fingerprint density at radius 3 is 2.71 bits per heavy atom. The first kappa shape index (κ1) is 10.3. The molecule has 0 aliphatic carbocycles. The summed E-state index contributed by atoms with van der Waals surface area (Å²) >= 11 is 0. The summed E-state index contributed by atoms with van der Waals surface area (Å²) in [6.07, 6.45) is 1.54. The minimum atomic E-state index is 0.275. The summed E-state index contributed by atoms with van der Waals surface area (Å²) in [5.41, 5.74) is 7.69. The van der Waals surface area contributed by atoms with Crippen molar-refractivity contribution in [2.75, 3.05) is 11.1 Å². The largest absolute Gasteiger partial charge is 0.395 e. The molecule has 1 aromatic heterocycles. The van der Waals surface area contributed by atoms with Crippen molar-refractivity contribution in [1.82, 2.24) is 4.98 Å². The van der Waals surface area contributed by atoms with Crippen LogP contribution >= 0.6 is 0 Å². The predicted octanol–water partition coefficient (Wildman–Crippen LogP) is 1.66. The van der Waals surface area contributed by atoms with Crippen molar-refractivity contribution >= 4 is 11.5 Å². The first-order valence-electron chi connectivity index (χ1n) is 4.48. The second-order valence-corrected chi connectivity index (χ2v) is 3.47. The third-order valence-electron chi connectivity index (χ3n) is 1.93. The van der Waals surface area contributed by atoms with E-state index in [9.17, 15) is 0 Å². The van der Waals surface area contributed by atoms with Crippen molar-refractivity contribution in [2.45, 2.75) is 26.8 Å². The van der Waals surface area contributed by atoms with Crippen molar-refractivity contribution in [3.05, 3.63) is 17.3 Å². The van der Waals surface area contributed by atoms with E-state index in [-0.39, 0.29) is 6.04 Å². The Morgan fingerprint density at radius 1 is 1.57 bits per heavy atom. The summed E-state index contributed by atoms with van der Waals surface area (Å²) in [6.45, 7) is 5.84. The fourth-order valence-corrected chi connectivity index (χ4v) is 1.12. The van der Waals surface area contributed by atoms with Gasteiger partial charge in [-0.2, -0.15) is 5.26 Å². The van der Waals surface area contributed by atoms with Crippen LogP contribution < -0.4 is 11.1 Å². The van der Waals surface area contributed by atoms with E-state index in [0.717, 1.165) is 5.56 Å². The average Bonchev–Trinajstić information content (AvgIpc) is 2.13. The van der Waals surface area contributed by atoms with Gasteiger partial charge in [0.25, 0.3) is 0 Å². The van der Waals surface area contributed by atoms with Crippen molar-refractivity contribution in [3.63, 3.8) is 0 Å². The van der Waals surface area contributed by atoms with Gasteiger partial charge in [-0.05, 0) is 26.3 Å². The highest BCUT2D eigenvalue weighted by Gasteiger charge is 2.08. The summed E-state index contributed by atoms with van der Waals surface area (Å²) in [4.78, 5) is 4.09. The van der Waals surface area contributed by atoms with Crippen LogP contribution in [0, 0.1) is 18.3 Å². The molecule has 0 amide bonds. The second kappa shape index (κ2) is 3.97. The third kappa shape index (κ3) is 1.94. The van der Waals surface area contributed by atoms with E-state index < -0.39 is 0 Å². The van der Waals surface area contributed by atoms with Gasteiger partial charge in [-0.25, -0.2) is 4.98 Å². The molecule has 0 aliphatic rings. The number of nitrogens with one attached hydrogen (secondary N) is 1. The molecule has 0 aromatic carbocycles. The number of hydrogen-bond donors (Lipinski definition) is 2. The Labute approximate surface area is 83.8 Å². The molecule has 4 nitrogen and oxygen atoms in total. The van der Waals surface area contributed by atoms with E-state index in [1.165, 1.54) is 6.20 Å². The van der Waals surface area contributed by atoms with Gasteiger partial charge in [0.15, 0.2) is 0 Å². The Balaban J connectivity index is 3.12. The van der Waals surface area contributed by atoms with Gasteiger partial charge < -0.3 is 11.1 Å². The fourth-order valence-electron chi connectivity index (χ4n) is 1.12. The van der Waals surface area contributed by atoms with Gasteiger partial charge in [-0.1, -0.05) is 0 Å². The quantitative estimate of drug-likeness (QED) is 0.743. The lowest BCUT2D eigenvalue weighted by atomic mass is 10.1. The highest BCUT2D eigenvalue weighted by molar-refractivity contribution is 5.68. The molecule has 0 aliphatic heterocycles. The highest BCUT2D eigenvalue weighted by atomic mass is 15.0. The molecule has 0 saturated heterocycles. The summed E-state index contributed by atoms with van der Waals surface area (Å²) < 4.78 is 0. The SMILES string of the molecule is Cc1c(C#N)cnc(NC(C)C)c1N. The van der Waals surface area contributed by atoms with Gasteiger partial charge in [-0.15, -0.1) is 0 Å². The number of pyridine rings is 1. The monoisotopic (exact) mass is 190 g/mol. The molecule has 4 heteroatoms. The van der Waals surface area contributed by atoms with Crippen LogP contribution in [0.3, 0.4) is 0 Å². The molecule has 0 unspecified atom stereocenters. The van der Waals surface area contributed by atoms with Crippen LogP contribution in [-0.4, -0.2) is 11.0 Å². The average molecular weight is 190 g/mol. The third-order valence-corrected chi connectivity index (χ3v) is 1.93. The number of nitrogens with two attached hydrogens (primary N) is 1. The number of nitriles is 1. The normalized spacial score (nSPS) is 9.93. The minimum Gasteiger partial charge on any atom is -0.395 e. The molecule has 0 radical (unpaired) electrons. The van der Waals surface area contributed by atoms with Crippen LogP contribution in [0.1, 0.15) is 25.0 Å². The Morgan fingerprint density at radius 2 is 2.21 bits per heavy atom. The zero-order chi connectivity index (χ0) is 10.7. The lowest BCUT2D eigenvalue weighted by molar-refractivity contribution is 0.889. The van der Waals surface area contributed by atoms with E-state index in [1.54, 1.807) is 0 Å². The Kier molecular flexibility index (Phi) is 2.92. The molecule has 0 saturated carbocycles. The second-order valence-electron chi connectivity index (χ2n) is 3.47. The summed E-state index contributed by atoms with van der Waals surface area (Å²) in [7, 11) is 0. The summed E-state index contributed by atoms with van der Waals surface area (Å²) in [6, 6.07) is 2.32. The number of anilines is 2. The highest BCUT2D eigenvalue weighted by Crippen LogP contribution is 2.22. The van der Waals surface area contributed by atoms with Crippen LogP contribution in [-0.2, 0) is 0 Å². The maximum Gasteiger partial charge on any atom is 0.149 e. The molecule has 1 aromatic rings. The molecule has 1 rings (SSSR count). The first-order chi connectivity index (χ1) is 6.56. The van der Waals surface area contributed by atoms with Crippen LogP contribution in [0.2, 0.25) is 0 Å². The zero-order valence-corrected chi connectivity index (χ0v) is 8.63. The van der Waals surface area contributed by atoms with E-state index in [4.69, 9.17) is 11.0 Å². The van der Waals surface area contributed by atoms with Crippen LogP contribution in [0.4, 0.5) is 11.5 Å². The van der Waals surface area contributed by atoms with Gasteiger partial charge in [0.05, 0.1) is 11.3 Å². The maximum atomic E-state index is 8.75. The number of aromatic nitrogens is 1. The molecule has 74 valence electrons. The molecule has 14 heavy (non-hydrogen) atoms. The van der Waals surface area contributed by atoms with E-state index >= 15 is 0 Å². The molecule has 0 spiro atoms. The van der Waals surface area contributed by atoms with Crippen molar-refractivity contribution in [2.24, 2.45) is 0 Å². The molecular formula is C10H14N4. The summed E-state index contributed by atoms with van der Waals surface area (Å²) in [5, 5.41) is 11.9. The van der Waals surface area contributed by atoms with E-state index in [0.29, 0.717) is 17.1 Å². The molecule has 1 heterocycles. The van der Waals surface area contributed by atoms with Crippen molar-refractivity contribution in [3.8, 4) is 6.07 Å². The van der Waals surface area contributed by atoms with Crippen LogP contribution in [0.5, 0.6) is 0 Å². The lowest BCUT2D eigenvalue weighted by Crippen LogP contribution is -2.13. The van der Waals surface area contributed by atoms with Crippen LogP contribution in [0.15, 0.2) is 6.20 Å². The molecule has 0 fully saturated rings. The smallest absolute Gasteiger partial charge is 0.149 e. The topological polar surface area (TPSA) is 74.7 Å². The molecular weight excluding hydrogens is 176 g/mol. The van der Waals surface area contributed by atoms with E-state index in [1.807, 2.05) is 26.8 Å².